The Morgan fingerprint density at radius 2 is 2.14 bits per heavy atom. The lowest BCUT2D eigenvalue weighted by Crippen LogP contribution is -2.24. The Morgan fingerprint density at radius 3 is 2.62 bits per heavy atom. The van der Waals surface area contributed by atoms with Gasteiger partial charge in [0, 0.05) is 6.20 Å². The van der Waals surface area contributed by atoms with Gasteiger partial charge in [-0.25, -0.2) is 4.98 Å². The van der Waals surface area contributed by atoms with Crippen LogP contribution < -0.4 is 0 Å². The third-order valence-electron chi connectivity index (χ3n) is 2.69. The molecular formula is C16H22N2O3. The molecule has 0 aliphatic carbocycles. The first-order valence-electron chi connectivity index (χ1n) is 7.05. The normalized spacial score (nSPS) is 12.5. The van der Waals surface area contributed by atoms with E-state index in [1.807, 2.05) is 39.8 Å². The number of rotatable bonds is 6. The minimum Gasteiger partial charge on any atom is -0.460 e. The Hall–Kier alpha value is -1.93. The number of esters is 1. The topological polar surface area (TPSA) is 72.2 Å². The van der Waals surface area contributed by atoms with Crippen LogP contribution in [0.25, 0.3) is 0 Å². The highest BCUT2D eigenvalue weighted by Gasteiger charge is 2.17. The van der Waals surface area contributed by atoms with E-state index in [1.54, 1.807) is 12.3 Å². The molecule has 1 unspecified atom stereocenters. The average Bonchev–Trinajstić information content (AvgIpc) is 2.42. The summed E-state index contributed by atoms with van der Waals surface area (Å²) in [5.41, 5.74) is 0.807. The number of nitriles is 1. The molecule has 0 bridgehead atoms. The van der Waals surface area contributed by atoms with E-state index in [2.05, 4.69) is 4.98 Å². The number of ether oxygens (including phenoxy) is 2. The first-order chi connectivity index (χ1) is 9.85. The minimum absolute atomic E-state index is 0.132. The predicted octanol–water partition coefficient (Wildman–Crippen LogP) is 3.15. The number of carbonyl (C=O) groups is 1. The number of nitrogens with zero attached hydrogens (tertiary/aromatic N) is 2. The first kappa shape index (κ1) is 17.1. The fourth-order valence-corrected chi connectivity index (χ4v) is 1.79. The lowest BCUT2D eigenvalue weighted by Gasteiger charge is -2.20. The second-order valence-electron chi connectivity index (χ2n) is 5.69. The van der Waals surface area contributed by atoms with Gasteiger partial charge in [-0.2, -0.15) is 5.26 Å². The van der Waals surface area contributed by atoms with Crippen molar-refractivity contribution in [2.75, 3.05) is 6.61 Å². The largest absolute Gasteiger partial charge is 0.460 e. The van der Waals surface area contributed by atoms with E-state index in [4.69, 9.17) is 14.7 Å². The van der Waals surface area contributed by atoms with Gasteiger partial charge in [0.2, 0.25) is 0 Å². The SMILES string of the molecule is CCC(OCCC(=O)OC(C)(C)C)c1ccc(C#N)nc1. The molecule has 1 aromatic heterocycles. The molecule has 0 N–H and O–H groups in total. The van der Waals surface area contributed by atoms with E-state index in [0.717, 1.165) is 12.0 Å². The fourth-order valence-electron chi connectivity index (χ4n) is 1.79. The van der Waals surface area contributed by atoms with Crippen LogP contribution in [0.4, 0.5) is 0 Å². The molecule has 0 spiro atoms. The Kier molecular flexibility index (Phi) is 6.32. The number of pyridine rings is 1. The van der Waals surface area contributed by atoms with Crippen molar-refractivity contribution in [3.8, 4) is 6.07 Å². The Bertz CT molecular complexity index is 498. The van der Waals surface area contributed by atoms with Crippen LogP contribution in [0.1, 0.15) is 57.9 Å². The van der Waals surface area contributed by atoms with Gasteiger partial charge in [0.1, 0.15) is 17.4 Å². The van der Waals surface area contributed by atoms with Crippen LogP contribution in [0.2, 0.25) is 0 Å². The van der Waals surface area contributed by atoms with Crippen molar-refractivity contribution >= 4 is 5.97 Å². The van der Waals surface area contributed by atoms with Crippen LogP contribution in [-0.2, 0) is 14.3 Å². The molecule has 0 saturated carbocycles. The van der Waals surface area contributed by atoms with Gasteiger partial charge in [-0.1, -0.05) is 13.0 Å². The van der Waals surface area contributed by atoms with Crippen molar-refractivity contribution in [2.45, 2.75) is 52.2 Å². The van der Waals surface area contributed by atoms with Gasteiger partial charge >= 0.3 is 5.97 Å². The third-order valence-corrected chi connectivity index (χ3v) is 2.69. The summed E-state index contributed by atoms with van der Waals surface area (Å²) < 4.78 is 10.9. The molecule has 114 valence electrons. The summed E-state index contributed by atoms with van der Waals surface area (Å²) in [6.07, 6.45) is 2.49. The van der Waals surface area contributed by atoms with Crippen molar-refractivity contribution in [2.24, 2.45) is 0 Å². The van der Waals surface area contributed by atoms with Gasteiger partial charge in [0.15, 0.2) is 0 Å². The monoisotopic (exact) mass is 290 g/mol. The molecule has 0 fully saturated rings. The van der Waals surface area contributed by atoms with Gasteiger partial charge in [-0.05, 0) is 38.8 Å². The molecule has 0 amide bonds. The van der Waals surface area contributed by atoms with E-state index >= 15 is 0 Å². The van der Waals surface area contributed by atoms with E-state index in [9.17, 15) is 4.79 Å². The molecule has 0 saturated heterocycles. The maximum absolute atomic E-state index is 11.6. The van der Waals surface area contributed by atoms with Crippen LogP contribution in [0.3, 0.4) is 0 Å². The molecular weight excluding hydrogens is 268 g/mol. The second-order valence-corrected chi connectivity index (χ2v) is 5.69. The number of hydrogen-bond acceptors (Lipinski definition) is 5. The van der Waals surface area contributed by atoms with Gasteiger partial charge < -0.3 is 9.47 Å². The Balaban J connectivity index is 2.48. The van der Waals surface area contributed by atoms with Crippen molar-refractivity contribution in [3.63, 3.8) is 0 Å². The van der Waals surface area contributed by atoms with Crippen LogP contribution in [0.15, 0.2) is 18.3 Å². The molecule has 21 heavy (non-hydrogen) atoms. The van der Waals surface area contributed by atoms with E-state index < -0.39 is 5.60 Å². The zero-order valence-electron chi connectivity index (χ0n) is 13.0. The Labute approximate surface area is 125 Å². The van der Waals surface area contributed by atoms with Gasteiger partial charge in [0.25, 0.3) is 0 Å². The summed E-state index contributed by atoms with van der Waals surface area (Å²) in [5.74, 6) is -0.268. The summed E-state index contributed by atoms with van der Waals surface area (Å²) in [4.78, 5) is 15.6. The van der Waals surface area contributed by atoms with Gasteiger partial charge in [-0.15, -0.1) is 0 Å². The smallest absolute Gasteiger partial charge is 0.308 e. The second kappa shape index (κ2) is 7.75. The highest BCUT2D eigenvalue weighted by atomic mass is 16.6. The summed E-state index contributed by atoms with van der Waals surface area (Å²) in [5, 5.41) is 8.72. The van der Waals surface area contributed by atoms with Crippen LogP contribution in [0.5, 0.6) is 0 Å². The minimum atomic E-state index is -0.474. The molecule has 0 aliphatic rings. The zero-order chi connectivity index (χ0) is 15.9. The highest BCUT2D eigenvalue weighted by Crippen LogP contribution is 2.20. The maximum atomic E-state index is 11.6. The summed E-state index contributed by atoms with van der Waals surface area (Å²) in [6, 6.07) is 5.47. The molecule has 1 rings (SSSR count). The lowest BCUT2D eigenvalue weighted by atomic mass is 10.1. The summed E-state index contributed by atoms with van der Waals surface area (Å²) in [6.45, 7) is 7.80. The molecule has 1 aromatic rings. The van der Waals surface area contributed by atoms with Crippen LogP contribution >= 0.6 is 0 Å². The molecule has 5 heteroatoms. The third kappa shape index (κ3) is 6.37. The molecule has 0 aliphatic heterocycles. The number of carbonyl (C=O) groups excluding carboxylic acids is 1. The predicted molar refractivity (Wildman–Crippen MR) is 78.4 cm³/mol. The average molecular weight is 290 g/mol. The first-order valence-corrected chi connectivity index (χ1v) is 7.05. The number of aromatic nitrogens is 1. The van der Waals surface area contributed by atoms with Crippen LogP contribution in [0, 0.1) is 11.3 Å². The summed E-state index contributed by atoms with van der Waals surface area (Å²) >= 11 is 0. The van der Waals surface area contributed by atoms with Gasteiger partial charge in [0.05, 0.1) is 19.1 Å². The number of hydrogen-bond donors (Lipinski definition) is 0. The van der Waals surface area contributed by atoms with E-state index in [-0.39, 0.29) is 18.5 Å². The standard InChI is InChI=1S/C16H22N2O3/c1-5-14(12-6-7-13(10-17)18-11-12)20-9-8-15(19)21-16(2,3)4/h6-7,11,14H,5,8-9H2,1-4H3. The van der Waals surface area contributed by atoms with Crippen molar-refractivity contribution in [1.82, 2.24) is 4.98 Å². The van der Waals surface area contributed by atoms with Gasteiger partial charge in [-0.3, -0.25) is 4.79 Å². The maximum Gasteiger partial charge on any atom is 0.308 e. The Morgan fingerprint density at radius 1 is 1.43 bits per heavy atom. The lowest BCUT2D eigenvalue weighted by molar-refractivity contribution is -0.156. The zero-order valence-corrected chi connectivity index (χ0v) is 13.0. The summed E-state index contributed by atoms with van der Waals surface area (Å²) in [7, 11) is 0. The van der Waals surface area contributed by atoms with Crippen molar-refractivity contribution < 1.29 is 14.3 Å². The fraction of sp³-hybridized carbons (Fsp3) is 0.562. The molecule has 1 atom stereocenters. The van der Waals surface area contributed by atoms with Crippen LogP contribution in [-0.4, -0.2) is 23.2 Å². The van der Waals surface area contributed by atoms with Crippen molar-refractivity contribution in [1.29, 1.82) is 5.26 Å². The van der Waals surface area contributed by atoms with Crippen molar-refractivity contribution in [3.05, 3.63) is 29.6 Å². The molecule has 0 aromatic carbocycles. The quantitative estimate of drug-likeness (QED) is 0.752. The molecule has 5 nitrogen and oxygen atoms in total. The molecule has 1 heterocycles. The van der Waals surface area contributed by atoms with E-state index in [0.29, 0.717) is 12.3 Å². The molecule has 0 radical (unpaired) electrons. The highest BCUT2D eigenvalue weighted by molar-refractivity contribution is 5.69. The van der Waals surface area contributed by atoms with E-state index in [1.165, 1.54) is 0 Å².